The van der Waals surface area contributed by atoms with E-state index in [0.717, 1.165) is 5.75 Å². The second kappa shape index (κ2) is 9.55. The van der Waals surface area contributed by atoms with E-state index in [1.54, 1.807) is 18.7 Å². The molecule has 0 bridgehead atoms. The Balaban J connectivity index is 1.35. The Morgan fingerprint density at radius 3 is 2.67 bits per heavy atom. The van der Waals surface area contributed by atoms with Gasteiger partial charge in [-0.3, -0.25) is 9.59 Å². The fraction of sp³-hybridized carbons (Fsp3) is 0.474. The number of nitrogens with one attached hydrogen (secondary N) is 1. The summed E-state index contributed by atoms with van der Waals surface area (Å²) < 4.78 is 4.99. The molecule has 27 heavy (non-hydrogen) atoms. The van der Waals surface area contributed by atoms with Crippen LogP contribution in [0.15, 0.2) is 39.8 Å². The summed E-state index contributed by atoms with van der Waals surface area (Å²) in [6.45, 7) is 3.24. The number of amides is 2. The third-order valence-corrected chi connectivity index (χ3v) is 5.54. The van der Waals surface area contributed by atoms with Crippen LogP contribution < -0.4 is 5.32 Å². The molecule has 0 saturated carbocycles. The molecule has 2 heterocycles. The van der Waals surface area contributed by atoms with Crippen molar-refractivity contribution in [3.05, 3.63) is 42.0 Å². The van der Waals surface area contributed by atoms with E-state index in [2.05, 4.69) is 27.6 Å². The standard InChI is InChI=1S/C19H24N4O3S/c1-14-21-17(26-22-14)13-20-19(25)15-7-10-23(11-8-15)18(24)9-12-27-16-5-3-2-4-6-16/h2-6,15H,7-13H2,1H3,(H,20,25). The molecule has 1 aliphatic heterocycles. The molecule has 1 aromatic carbocycles. The van der Waals surface area contributed by atoms with E-state index in [9.17, 15) is 9.59 Å². The van der Waals surface area contributed by atoms with E-state index in [1.165, 1.54) is 4.90 Å². The third kappa shape index (κ3) is 5.82. The van der Waals surface area contributed by atoms with Gasteiger partial charge in [-0.05, 0) is 31.9 Å². The fourth-order valence-electron chi connectivity index (χ4n) is 3.04. The number of thioether (sulfide) groups is 1. The van der Waals surface area contributed by atoms with Crippen LogP contribution >= 0.6 is 11.8 Å². The van der Waals surface area contributed by atoms with Gasteiger partial charge >= 0.3 is 0 Å². The van der Waals surface area contributed by atoms with Crippen LogP contribution in [0.25, 0.3) is 0 Å². The van der Waals surface area contributed by atoms with Gasteiger partial charge in [-0.2, -0.15) is 4.98 Å². The zero-order valence-corrected chi connectivity index (χ0v) is 16.2. The number of carbonyl (C=O) groups excluding carboxylic acids is 2. The molecule has 3 rings (SSSR count). The average Bonchev–Trinajstić information content (AvgIpc) is 3.12. The maximum Gasteiger partial charge on any atom is 0.246 e. The minimum absolute atomic E-state index is 0.0161. The molecule has 1 aliphatic rings. The molecule has 0 unspecified atom stereocenters. The number of aromatic nitrogens is 2. The number of rotatable bonds is 7. The summed E-state index contributed by atoms with van der Waals surface area (Å²) in [5.74, 6) is 1.81. The van der Waals surface area contributed by atoms with E-state index < -0.39 is 0 Å². The summed E-state index contributed by atoms with van der Waals surface area (Å²) in [7, 11) is 0. The summed E-state index contributed by atoms with van der Waals surface area (Å²) in [6.07, 6.45) is 1.89. The lowest BCUT2D eigenvalue weighted by molar-refractivity contribution is -0.135. The smallest absolute Gasteiger partial charge is 0.246 e. The molecule has 0 atom stereocenters. The SMILES string of the molecule is Cc1noc(CNC(=O)C2CCN(C(=O)CCSc3ccccc3)CC2)n1. The molecule has 0 aliphatic carbocycles. The van der Waals surface area contributed by atoms with Gasteiger partial charge in [0.1, 0.15) is 0 Å². The molecule has 7 nitrogen and oxygen atoms in total. The molecule has 1 aromatic heterocycles. The third-order valence-electron chi connectivity index (χ3n) is 4.53. The number of likely N-dealkylation sites (tertiary alicyclic amines) is 1. The molecular formula is C19H24N4O3S. The van der Waals surface area contributed by atoms with Gasteiger partial charge in [-0.1, -0.05) is 23.4 Å². The zero-order valence-electron chi connectivity index (χ0n) is 15.4. The molecular weight excluding hydrogens is 364 g/mol. The Morgan fingerprint density at radius 2 is 2.00 bits per heavy atom. The van der Waals surface area contributed by atoms with Crippen LogP contribution in [-0.2, 0) is 16.1 Å². The number of aryl methyl sites for hydroxylation is 1. The highest BCUT2D eigenvalue weighted by Crippen LogP contribution is 2.21. The van der Waals surface area contributed by atoms with Crippen molar-refractivity contribution in [1.29, 1.82) is 0 Å². The number of hydrogen-bond acceptors (Lipinski definition) is 6. The van der Waals surface area contributed by atoms with Gasteiger partial charge in [-0.25, -0.2) is 0 Å². The summed E-state index contributed by atoms with van der Waals surface area (Å²) >= 11 is 1.69. The largest absolute Gasteiger partial charge is 0.347 e. The molecule has 2 amide bonds. The van der Waals surface area contributed by atoms with E-state index in [1.807, 2.05) is 23.1 Å². The van der Waals surface area contributed by atoms with E-state index in [-0.39, 0.29) is 24.3 Å². The number of hydrogen-bond donors (Lipinski definition) is 1. The lowest BCUT2D eigenvalue weighted by Crippen LogP contribution is -2.43. The first-order valence-electron chi connectivity index (χ1n) is 9.14. The van der Waals surface area contributed by atoms with E-state index >= 15 is 0 Å². The Kier molecular flexibility index (Phi) is 6.86. The van der Waals surface area contributed by atoms with Crippen molar-refractivity contribution in [1.82, 2.24) is 20.4 Å². The molecule has 1 fully saturated rings. The molecule has 8 heteroatoms. The average molecular weight is 388 g/mol. The van der Waals surface area contributed by atoms with Crippen molar-refractivity contribution in [2.75, 3.05) is 18.8 Å². The first-order chi connectivity index (χ1) is 13.1. The minimum atomic E-state index is -0.0724. The van der Waals surface area contributed by atoms with Crippen molar-refractivity contribution < 1.29 is 14.1 Å². The van der Waals surface area contributed by atoms with Crippen LogP contribution in [0.4, 0.5) is 0 Å². The molecule has 0 radical (unpaired) electrons. The van der Waals surface area contributed by atoms with Crippen molar-refractivity contribution in [2.24, 2.45) is 5.92 Å². The van der Waals surface area contributed by atoms with Gasteiger partial charge in [-0.15, -0.1) is 11.8 Å². The van der Waals surface area contributed by atoms with Crippen molar-refractivity contribution in [3.63, 3.8) is 0 Å². The summed E-state index contributed by atoms with van der Waals surface area (Å²) in [5.41, 5.74) is 0. The molecule has 1 N–H and O–H groups in total. The maximum atomic E-state index is 12.4. The van der Waals surface area contributed by atoms with Gasteiger partial charge in [0.05, 0.1) is 6.54 Å². The Bertz CT molecular complexity index is 757. The second-order valence-corrected chi connectivity index (χ2v) is 7.69. The highest BCUT2D eigenvalue weighted by molar-refractivity contribution is 7.99. The van der Waals surface area contributed by atoms with Gasteiger partial charge < -0.3 is 14.7 Å². The van der Waals surface area contributed by atoms with E-state index in [0.29, 0.717) is 44.1 Å². The summed E-state index contributed by atoms with van der Waals surface area (Å²) in [6, 6.07) is 10.1. The number of carbonyl (C=O) groups is 2. The maximum absolute atomic E-state index is 12.4. The van der Waals surface area contributed by atoms with Crippen LogP contribution in [0.1, 0.15) is 31.0 Å². The molecule has 1 saturated heterocycles. The molecule has 2 aromatic rings. The second-order valence-electron chi connectivity index (χ2n) is 6.52. The fourth-order valence-corrected chi connectivity index (χ4v) is 3.90. The first kappa shape index (κ1) is 19.4. The normalized spacial score (nSPS) is 14.9. The van der Waals surface area contributed by atoms with Crippen molar-refractivity contribution >= 4 is 23.6 Å². The van der Waals surface area contributed by atoms with Crippen LogP contribution in [-0.4, -0.2) is 45.7 Å². The Labute approximate surface area is 162 Å². The number of piperidine rings is 1. The Morgan fingerprint density at radius 1 is 1.26 bits per heavy atom. The van der Waals surface area contributed by atoms with Crippen LogP contribution in [0.3, 0.4) is 0 Å². The zero-order chi connectivity index (χ0) is 19.1. The first-order valence-corrected chi connectivity index (χ1v) is 10.1. The molecule has 144 valence electrons. The quantitative estimate of drug-likeness (QED) is 0.733. The Hall–Kier alpha value is -2.35. The van der Waals surface area contributed by atoms with Crippen molar-refractivity contribution in [2.45, 2.75) is 37.6 Å². The predicted molar refractivity (Wildman–Crippen MR) is 102 cm³/mol. The number of benzene rings is 1. The highest BCUT2D eigenvalue weighted by atomic mass is 32.2. The minimum Gasteiger partial charge on any atom is -0.347 e. The lowest BCUT2D eigenvalue weighted by Gasteiger charge is -2.31. The lowest BCUT2D eigenvalue weighted by atomic mass is 9.95. The highest BCUT2D eigenvalue weighted by Gasteiger charge is 2.27. The monoisotopic (exact) mass is 388 g/mol. The number of nitrogens with zero attached hydrogens (tertiary/aromatic N) is 3. The van der Waals surface area contributed by atoms with Gasteiger partial charge in [0.25, 0.3) is 0 Å². The van der Waals surface area contributed by atoms with Crippen LogP contribution in [0, 0.1) is 12.8 Å². The van der Waals surface area contributed by atoms with Gasteiger partial charge in [0, 0.05) is 36.1 Å². The van der Waals surface area contributed by atoms with Gasteiger partial charge in [0.2, 0.25) is 17.7 Å². The van der Waals surface area contributed by atoms with E-state index in [4.69, 9.17) is 4.52 Å². The van der Waals surface area contributed by atoms with Crippen molar-refractivity contribution in [3.8, 4) is 0 Å². The van der Waals surface area contributed by atoms with Crippen LogP contribution in [0.5, 0.6) is 0 Å². The van der Waals surface area contributed by atoms with Gasteiger partial charge in [0.15, 0.2) is 5.82 Å². The van der Waals surface area contributed by atoms with Crippen LogP contribution in [0.2, 0.25) is 0 Å². The predicted octanol–water partition coefficient (Wildman–Crippen LogP) is 2.42. The summed E-state index contributed by atoms with van der Waals surface area (Å²) in [4.78, 5) is 31.8. The topological polar surface area (TPSA) is 88.3 Å². The summed E-state index contributed by atoms with van der Waals surface area (Å²) in [5, 5.41) is 6.53. The molecule has 0 spiro atoms.